The van der Waals surface area contributed by atoms with Gasteiger partial charge in [-0.1, -0.05) is 0 Å². The third kappa shape index (κ3) is 2.21. The minimum atomic E-state index is 0.646. The van der Waals surface area contributed by atoms with Crippen LogP contribution in [-0.2, 0) is 11.4 Å². The van der Waals surface area contributed by atoms with Gasteiger partial charge in [-0.25, -0.2) is 0 Å². The third-order valence-electron chi connectivity index (χ3n) is 2.36. The number of hydrogen-bond donors (Lipinski definition) is 1. The van der Waals surface area contributed by atoms with Crippen molar-refractivity contribution in [3.63, 3.8) is 0 Å². The zero-order valence-corrected chi connectivity index (χ0v) is 9.16. The number of hydroxylamine groups is 2. The largest absolute Gasteiger partial charge is 0.398 e. The minimum absolute atomic E-state index is 0.646. The number of nitrogens with zero attached hydrogens (tertiary/aromatic N) is 2. The van der Waals surface area contributed by atoms with Crippen LogP contribution in [-0.4, -0.2) is 24.2 Å². The van der Waals surface area contributed by atoms with E-state index in [9.17, 15) is 0 Å². The second-order valence-electron chi connectivity index (χ2n) is 3.40. The van der Waals surface area contributed by atoms with Gasteiger partial charge in [-0.15, -0.1) is 0 Å². The molecule has 0 saturated carbocycles. The van der Waals surface area contributed by atoms with Crippen LogP contribution in [0, 0.1) is 13.8 Å². The molecule has 0 aliphatic heterocycles. The molecule has 0 aliphatic rings. The zero-order chi connectivity index (χ0) is 10.7. The molecule has 0 spiro atoms. The van der Waals surface area contributed by atoms with E-state index in [4.69, 9.17) is 10.6 Å². The summed E-state index contributed by atoms with van der Waals surface area (Å²) in [6, 6.07) is 0. The molecule has 0 amide bonds. The van der Waals surface area contributed by atoms with Gasteiger partial charge < -0.3 is 10.6 Å². The molecule has 2 N–H and O–H groups in total. The Balaban J connectivity index is 2.94. The molecule has 14 heavy (non-hydrogen) atoms. The van der Waals surface area contributed by atoms with Crippen LogP contribution in [0.2, 0.25) is 0 Å². The van der Waals surface area contributed by atoms with Crippen molar-refractivity contribution in [2.45, 2.75) is 20.4 Å². The van der Waals surface area contributed by atoms with Gasteiger partial charge in [0.1, 0.15) is 0 Å². The molecule has 1 aromatic heterocycles. The Morgan fingerprint density at radius 2 is 2.14 bits per heavy atom. The lowest BCUT2D eigenvalue weighted by atomic mass is 10.1. The quantitative estimate of drug-likeness (QED) is 0.738. The maximum atomic E-state index is 5.90. The van der Waals surface area contributed by atoms with Gasteiger partial charge in [0.05, 0.1) is 19.3 Å². The van der Waals surface area contributed by atoms with Gasteiger partial charge in [-0.05, 0) is 25.0 Å². The van der Waals surface area contributed by atoms with Crippen molar-refractivity contribution in [2.24, 2.45) is 0 Å². The Labute approximate surface area is 84.6 Å². The van der Waals surface area contributed by atoms with Gasteiger partial charge in [0.2, 0.25) is 0 Å². The molecule has 1 heterocycles. The fourth-order valence-corrected chi connectivity index (χ4v) is 1.23. The maximum absolute atomic E-state index is 5.90. The van der Waals surface area contributed by atoms with Gasteiger partial charge in [0.25, 0.3) is 0 Å². The summed E-state index contributed by atoms with van der Waals surface area (Å²) in [4.78, 5) is 9.36. The summed E-state index contributed by atoms with van der Waals surface area (Å²) in [6.07, 6.45) is 1.79. The van der Waals surface area contributed by atoms with Gasteiger partial charge in [-0.3, -0.25) is 4.98 Å². The number of anilines is 1. The first-order valence-corrected chi connectivity index (χ1v) is 4.52. The van der Waals surface area contributed by atoms with Gasteiger partial charge in [0, 0.05) is 18.9 Å². The van der Waals surface area contributed by atoms with Gasteiger partial charge >= 0.3 is 0 Å². The van der Waals surface area contributed by atoms with E-state index in [-0.39, 0.29) is 0 Å². The summed E-state index contributed by atoms with van der Waals surface area (Å²) in [6.45, 7) is 4.58. The van der Waals surface area contributed by atoms with Crippen LogP contribution in [0.4, 0.5) is 5.69 Å². The van der Waals surface area contributed by atoms with Crippen molar-refractivity contribution in [3.8, 4) is 0 Å². The number of pyridine rings is 1. The summed E-state index contributed by atoms with van der Waals surface area (Å²) in [5.41, 5.74) is 9.73. The summed E-state index contributed by atoms with van der Waals surface area (Å²) >= 11 is 0. The fourth-order valence-electron chi connectivity index (χ4n) is 1.23. The Morgan fingerprint density at radius 1 is 1.50 bits per heavy atom. The molecule has 78 valence electrons. The Morgan fingerprint density at radius 3 is 2.71 bits per heavy atom. The number of aryl methyl sites for hydroxylation is 1. The lowest BCUT2D eigenvalue weighted by Gasteiger charge is -2.15. The average molecular weight is 195 g/mol. The van der Waals surface area contributed by atoms with E-state index in [0.29, 0.717) is 6.54 Å². The van der Waals surface area contributed by atoms with Crippen molar-refractivity contribution in [1.29, 1.82) is 0 Å². The van der Waals surface area contributed by atoms with Crippen LogP contribution in [0.15, 0.2) is 6.20 Å². The van der Waals surface area contributed by atoms with E-state index in [1.165, 1.54) is 0 Å². The van der Waals surface area contributed by atoms with E-state index in [0.717, 1.165) is 22.5 Å². The van der Waals surface area contributed by atoms with E-state index in [2.05, 4.69) is 4.98 Å². The van der Waals surface area contributed by atoms with Crippen molar-refractivity contribution in [1.82, 2.24) is 10.0 Å². The van der Waals surface area contributed by atoms with Crippen LogP contribution in [0.3, 0.4) is 0 Å². The molecule has 0 aromatic carbocycles. The SMILES string of the molecule is CON(C)Cc1ncc(C)c(N)c1C. The molecular weight excluding hydrogens is 178 g/mol. The second-order valence-corrected chi connectivity index (χ2v) is 3.40. The summed E-state index contributed by atoms with van der Waals surface area (Å²) in [7, 11) is 3.49. The standard InChI is InChI=1S/C10H17N3O/c1-7-5-12-9(6-13(3)14-4)8(2)10(7)11/h5H,6H2,1-4H3,(H2,11,12). The van der Waals surface area contributed by atoms with Crippen molar-refractivity contribution < 1.29 is 4.84 Å². The molecule has 0 saturated heterocycles. The van der Waals surface area contributed by atoms with Crippen molar-refractivity contribution in [2.75, 3.05) is 19.9 Å². The summed E-state index contributed by atoms with van der Waals surface area (Å²) < 4.78 is 0. The molecule has 4 nitrogen and oxygen atoms in total. The lowest BCUT2D eigenvalue weighted by Crippen LogP contribution is -2.18. The van der Waals surface area contributed by atoms with Crippen LogP contribution in [0.25, 0.3) is 0 Å². The average Bonchev–Trinajstić information content (AvgIpc) is 2.19. The van der Waals surface area contributed by atoms with Crippen LogP contribution in [0.5, 0.6) is 0 Å². The normalized spacial score (nSPS) is 10.9. The molecular formula is C10H17N3O. The molecule has 0 atom stereocenters. The third-order valence-corrected chi connectivity index (χ3v) is 2.36. The van der Waals surface area contributed by atoms with E-state index < -0.39 is 0 Å². The predicted molar refractivity (Wildman–Crippen MR) is 56.6 cm³/mol. The first-order chi connectivity index (χ1) is 6.56. The molecule has 0 radical (unpaired) electrons. The maximum Gasteiger partial charge on any atom is 0.0664 e. The highest BCUT2D eigenvalue weighted by atomic mass is 16.7. The molecule has 0 aliphatic carbocycles. The molecule has 4 heteroatoms. The second kappa shape index (κ2) is 4.39. The Hall–Kier alpha value is -1.13. The molecule has 1 aromatic rings. The zero-order valence-electron chi connectivity index (χ0n) is 9.16. The number of rotatable bonds is 3. The van der Waals surface area contributed by atoms with E-state index >= 15 is 0 Å². The van der Waals surface area contributed by atoms with E-state index in [1.54, 1.807) is 18.4 Å². The number of aromatic nitrogens is 1. The minimum Gasteiger partial charge on any atom is -0.398 e. The van der Waals surface area contributed by atoms with Crippen LogP contribution in [0.1, 0.15) is 16.8 Å². The summed E-state index contributed by atoms with van der Waals surface area (Å²) in [5, 5.41) is 1.71. The highest BCUT2D eigenvalue weighted by molar-refractivity contribution is 5.53. The first-order valence-electron chi connectivity index (χ1n) is 4.52. The number of nitrogens with two attached hydrogens (primary N) is 1. The first kappa shape index (κ1) is 10.9. The number of nitrogen functional groups attached to an aromatic ring is 1. The topological polar surface area (TPSA) is 51.4 Å². The monoisotopic (exact) mass is 195 g/mol. The summed E-state index contributed by atoms with van der Waals surface area (Å²) in [5.74, 6) is 0. The molecule has 0 bridgehead atoms. The highest BCUT2D eigenvalue weighted by Gasteiger charge is 2.07. The van der Waals surface area contributed by atoms with Crippen LogP contribution < -0.4 is 5.73 Å². The lowest BCUT2D eigenvalue weighted by molar-refractivity contribution is -0.117. The molecule has 0 unspecified atom stereocenters. The van der Waals surface area contributed by atoms with Crippen molar-refractivity contribution in [3.05, 3.63) is 23.0 Å². The molecule has 1 rings (SSSR count). The van der Waals surface area contributed by atoms with Crippen molar-refractivity contribution >= 4 is 5.69 Å². The Kier molecular flexibility index (Phi) is 3.43. The molecule has 0 fully saturated rings. The number of hydrogen-bond acceptors (Lipinski definition) is 4. The smallest absolute Gasteiger partial charge is 0.0664 e. The predicted octanol–water partition coefficient (Wildman–Crippen LogP) is 1.27. The van der Waals surface area contributed by atoms with Gasteiger partial charge in [0.15, 0.2) is 0 Å². The highest BCUT2D eigenvalue weighted by Crippen LogP contribution is 2.18. The van der Waals surface area contributed by atoms with Crippen LogP contribution >= 0.6 is 0 Å². The Bertz CT molecular complexity index is 325. The van der Waals surface area contributed by atoms with E-state index in [1.807, 2.05) is 20.9 Å². The fraction of sp³-hybridized carbons (Fsp3) is 0.500. The van der Waals surface area contributed by atoms with Gasteiger partial charge in [-0.2, -0.15) is 5.06 Å².